The minimum Gasteiger partial charge on any atom is -0.384 e. The number of halogens is 1. The number of ether oxygens (including phenoxy) is 1. The van der Waals surface area contributed by atoms with Crippen LogP contribution in [0.1, 0.15) is 19.8 Å². The Balaban J connectivity index is 1.65. The number of nitrogens with one attached hydrogen (secondary N) is 1. The summed E-state index contributed by atoms with van der Waals surface area (Å²) in [5.41, 5.74) is 1.79. The molecule has 0 aliphatic carbocycles. The lowest BCUT2D eigenvalue weighted by molar-refractivity contribution is -0.0924. The Morgan fingerprint density at radius 1 is 1.32 bits per heavy atom. The Kier molecular flexibility index (Phi) is 3.35. The molecule has 1 aromatic carbocycles. The van der Waals surface area contributed by atoms with E-state index < -0.39 is 0 Å². The van der Waals surface area contributed by atoms with Crippen LogP contribution in [0.15, 0.2) is 18.2 Å². The van der Waals surface area contributed by atoms with Crippen molar-refractivity contribution in [2.75, 3.05) is 43.1 Å². The number of rotatable bonds is 4. The minimum atomic E-state index is -0.123. The lowest BCUT2D eigenvalue weighted by Crippen LogP contribution is -2.45. The predicted molar refractivity (Wildman–Crippen MR) is 75.3 cm³/mol. The fourth-order valence-electron chi connectivity index (χ4n) is 2.70. The summed E-state index contributed by atoms with van der Waals surface area (Å²) < 4.78 is 19.3. The van der Waals surface area contributed by atoms with Gasteiger partial charge in [-0.25, -0.2) is 4.39 Å². The molecule has 0 spiro atoms. The van der Waals surface area contributed by atoms with Crippen molar-refractivity contribution in [1.29, 1.82) is 0 Å². The van der Waals surface area contributed by atoms with Gasteiger partial charge in [0.1, 0.15) is 5.82 Å². The summed E-state index contributed by atoms with van der Waals surface area (Å²) in [6, 6.07) is 5.47. The summed E-state index contributed by atoms with van der Waals surface area (Å²) in [5, 5.41) is 3.31. The van der Waals surface area contributed by atoms with E-state index in [2.05, 4.69) is 17.1 Å². The largest absolute Gasteiger partial charge is 0.384 e. The maximum absolute atomic E-state index is 14.1. The Hall–Kier alpha value is -1.29. The number of hydrogen-bond acceptors (Lipinski definition) is 3. The molecule has 0 saturated carbocycles. The first kappa shape index (κ1) is 12.7. The Bertz CT molecular complexity index is 453. The van der Waals surface area contributed by atoms with Crippen LogP contribution >= 0.6 is 0 Å². The van der Waals surface area contributed by atoms with Gasteiger partial charge >= 0.3 is 0 Å². The summed E-state index contributed by atoms with van der Waals surface area (Å²) in [6.07, 6.45) is 2.33. The maximum Gasteiger partial charge on any atom is 0.148 e. The van der Waals surface area contributed by atoms with Crippen molar-refractivity contribution in [2.24, 2.45) is 5.41 Å². The average molecular weight is 264 g/mol. The van der Waals surface area contributed by atoms with Crippen molar-refractivity contribution in [3.63, 3.8) is 0 Å². The number of benzene rings is 1. The normalized spacial score (nSPS) is 21.3. The maximum atomic E-state index is 14.1. The van der Waals surface area contributed by atoms with Crippen LogP contribution in [0.5, 0.6) is 0 Å². The Morgan fingerprint density at radius 2 is 2.05 bits per heavy atom. The zero-order chi connectivity index (χ0) is 13.3. The van der Waals surface area contributed by atoms with E-state index in [1.165, 1.54) is 0 Å². The Morgan fingerprint density at radius 3 is 2.63 bits per heavy atom. The first-order chi connectivity index (χ1) is 9.16. The molecule has 1 N–H and O–H groups in total. The van der Waals surface area contributed by atoms with Gasteiger partial charge in [0.25, 0.3) is 0 Å². The summed E-state index contributed by atoms with van der Waals surface area (Å²) in [5.74, 6) is -0.123. The molecule has 4 heteroatoms. The highest BCUT2D eigenvalue weighted by Crippen LogP contribution is 2.29. The molecule has 1 aromatic rings. The van der Waals surface area contributed by atoms with Gasteiger partial charge in [-0.2, -0.15) is 0 Å². The summed E-state index contributed by atoms with van der Waals surface area (Å²) in [4.78, 5) is 2.13. The molecule has 3 nitrogen and oxygen atoms in total. The van der Waals surface area contributed by atoms with Gasteiger partial charge in [0.2, 0.25) is 0 Å². The molecule has 19 heavy (non-hydrogen) atoms. The van der Waals surface area contributed by atoms with Crippen molar-refractivity contribution in [3.05, 3.63) is 24.0 Å². The van der Waals surface area contributed by atoms with Crippen LogP contribution in [0.4, 0.5) is 15.8 Å². The van der Waals surface area contributed by atoms with Crippen LogP contribution in [0.2, 0.25) is 0 Å². The van der Waals surface area contributed by atoms with E-state index in [1.54, 1.807) is 6.07 Å². The molecule has 0 unspecified atom stereocenters. The van der Waals surface area contributed by atoms with E-state index in [4.69, 9.17) is 4.74 Å². The van der Waals surface area contributed by atoms with Crippen molar-refractivity contribution in [2.45, 2.75) is 19.8 Å². The molecule has 0 aromatic heterocycles. The lowest BCUT2D eigenvalue weighted by atomic mass is 9.89. The van der Waals surface area contributed by atoms with Crippen LogP contribution < -0.4 is 10.2 Å². The first-order valence-electron chi connectivity index (χ1n) is 7.02. The number of hydrogen-bond donors (Lipinski definition) is 1. The zero-order valence-electron chi connectivity index (χ0n) is 11.4. The molecule has 2 aliphatic rings. The molecule has 0 radical (unpaired) electrons. The van der Waals surface area contributed by atoms with E-state index in [9.17, 15) is 4.39 Å². The Labute approximate surface area is 113 Å². The van der Waals surface area contributed by atoms with Gasteiger partial charge in [0.05, 0.1) is 18.9 Å². The number of nitrogens with zero attached hydrogens (tertiary/aromatic N) is 1. The predicted octanol–water partition coefficient (Wildman–Crippen LogP) is 2.87. The van der Waals surface area contributed by atoms with Crippen LogP contribution in [-0.2, 0) is 4.74 Å². The fraction of sp³-hybridized carbons (Fsp3) is 0.600. The molecule has 0 bridgehead atoms. The van der Waals surface area contributed by atoms with Crippen molar-refractivity contribution in [3.8, 4) is 0 Å². The van der Waals surface area contributed by atoms with Gasteiger partial charge in [0, 0.05) is 30.7 Å². The molecule has 0 atom stereocenters. The van der Waals surface area contributed by atoms with Gasteiger partial charge in [-0.3, -0.25) is 0 Å². The van der Waals surface area contributed by atoms with Gasteiger partial charge in [-0.1, -0.05) is 6.92 Å². The van der Waals surface area contributed by atoms with Crippen LogP contribution in [0.3, 0.4) is 0 Å². The van der Waals surface area contributed by atoms with Crippen LogP contribution in [-0.4, -0.2) is 32.8 Å². The third-order valence-corrected chi connectivity index (χ3v) is 4.01. The van der Waals surface area contributed by atoms with E-state index >= 15 is 0 Å². The molecule has 2 aliphatic heterocycles. The topological polar surface area (TPSA) is 24.5 Å². The summed E-state index contributed by atoms with van der Waals surface area (Å²) in [7, 11) is 0. The highest BCUT2D eigenvalue weighted by atomic mass is 19.1. The van der Waals surface area contributed by atoms with E-state index in [0.29, 0.717) is 0 Å². The first-order valence-corrected chi connectivity index (χ1v) is 7.02. The second-order valence-electron chi connectivity index (χ2n) is 6.02. The average Bonchev–Trinajstić information content (AvgIpc) is 2.88. The standard InChI is InChI=1S/C15H21FN2O/c1-15(10-19-11-15)9-17-12-4-5-14(13(16)8-12)18-6-2-3-7-18/h4-5,8,17H,2-3,6-7,9-11H2,1H3. The van der Waals surface area contributed by atoms with Gasteiger partial charge < -0.3 is 15.0 Å². The quantitative estimate of drug-likeness (QED) is 0.905. The van der Waals surface area contributed by atoms with Crippen LogP contribution in [0.25, 0.3) is 0 Å². The summed E-state index contributed by atoms with van der Waals surface area (Å²) in [6.45, 7) is 6.52. The van der Waals surface area contributed by atoms with Gasteiger partial charge in [-0.05, 0) is 31.0 Å². The lowest BCUT2D eigenvalue weighted by Gasteiger charge is -2.38. The van der Waals surface area contributed by atoms with Crippen molar-refractivity contribution < 1.29 is 9.13 Å². The summed E-state index contributed by atoms with van der Waals surface area (Å²) >= 11 is 0. The van der Waals surface area contributed by atoms with Gasteiger partial charge in [-0.15, -0.1) is 0 Å². The molecule has 2 saturated heterocycles. The molecule has 3 rings (SSSR count). The smallest absolute Gasteiger partial charge is 0.148 e. The van der Waals surface area contributed by atoms with Crippen molar-refractivity contribution in [1.82, 2.24) is 0 Å². The fourth-order valence-corrected chi connectivity index (χ4v) is 2.70. The van der Waals surface area contributed by atoms with Gasteiger partial charge in [0.15, 0.2) is 0 Å². The van der Waals surface area contributed by atoms with E-state index in [1.807, 2.05) is 12.1 Å². The minimum absolute atomic E-state index is 0.123. The molecular weight excluding hydrogens is 243 g/mol. The highest BCUT2D eigenvalue weighted by Gasteiger charge is 2.32. The van der Waals surface area contributed by atoms with E-state index in [-0.39, 0.29) is 11.2 Å². The third kappa shape index (κ3) is 2.68. The molecule has 0 amide bonds. The molecule has 2 fully saturated rings. The number of anilines is 2. The molecule has 104 valence electrons. The van der Waals surface area contributed by atoms with Crippen molar-refractivity contribution >= 4 is 11.4 Å². The molecule has 2 heterocycles. The monoisotopic (exact) mass is 264 g/mol. The van der Waals surface area contributed by atoms with Crippen LogP contribution in [0, 0.1) is 11.2 Å². The molecular formula is C15H21FN2O. The zero-order valence-corrected chi connectivity index (χ0v) is 11.4. The second-order valence-corrected chi connectivity index (χ2v) is 6.02. The highest BCUT2D eigenvalue weighted by molar-refractivity contribution is 5.56. The SMILES string of the molecule is CC1(CNc2ccc(N3CCCC3)c(F)c2)COC1. The third-order valence-electron chi connectivity index (χ3n) is 4.01. The van der Waals surface area contributed by atoms with E-state index in [0.717, 1.165) is 57.1 Å². The second kappa shape index (κ2) is 5.00.